The maximum Gasteiger partial charge on any atom is 0.161 e. The van der Waals surface area contributed by atoms with Crippen molar-refractivity contribution < 1.29 is 9.18 Å². The van der Waals surface area contributed by atoms with E-state index in [-0.39, 0.29) is 12.3 Å². The molecule has 1 heterocycles. The van der Waals surface area contributed by atoms with Crippen LogP contribution in [-0.2, 0) is 0 Å². The summed E-state index contributed by atoms with van der Waals surface area (Å²) in [6.07, 6.45) is 1.48. The van der Waals surface area contributed by atoms with Crippen LogP contribution in [0.5, 0.6) is 0 Å². The monoisotopic (exact) mass is 240 g/mol. The number of pyridine rings is 1. The minimum absolute atomic E-state index is 0.0279. The largest absolute Gasteiger partial charge is 0.367 e. The molecule has 0 atom stereocenters. The van der Waals surface area contributed by atoms with Crippen LogP contribution < -0.4 is 5.32 Å². The zero-order valence-corrected chi connectivity index (χ0v) is 11.2. The van der Waals surface area contributed by atoms with Gasteiger partial charge in [0.1, 0.15) is 11.5 Å². The molecular weight excluding hydrogens is 219 g/mol. The van der Waals surface area contributed by atoms with Crippen LogP contribution in [0.1, 0.15) is 45.0 Å². The van der Waals surface area contributed by atoms with E-state index in [1.54, 1.807) is 12.1 Å². The van der Waals surface area contributed by atoms with E-state index in [1.165, 1.54) is 27.0 Å². The molecule has 0 bridgehead atoms. The highest BCUT2D eigenvalue weighted by atomic mass is 19.1. The van der Waals surface area contributed by atoms with Crippen molar-refractivity contribution in [3.8, 4) is 0 Å². The molecule has 96 valence electrons. The molecule has 1 aromatic heterocycles. The molecule has 0 saturated heterocycles. The number of carbonyl (C=O) groups excluding carboxylic acids is 1. The van der Waals surface area contributed by atoms with Crippen LogP contribution in [0, 0.1) is 0 Å². The third-order valence-corrected chi connectivity index (χ3v) is 1.86. The summed E-state index contributed by atoms with van der Waals surface area (Å²) in [5.74, 6) is 0.547. The van der Waals surface area contributed by atoms with E-state index in [1.807, 2.05) is 13.8 Å². The number of rotatable bonds is 4. The van der Waals surface area contributed by atoms with Gasteiger partial charge in [0.05, 0.1) is 0 Å². The number of halogens is 1. The Morgan fingerprint density at radius 2 is 2.00 bits per heavy atom. The van der Waals surface area contributed by atoms with Gasteiger partial charge in [-0.15, -0.1) is 0 Å². The lowest BCUT2D eigenvalue weighted by Gasteiger charge is -2.15. The van der Waals surface area contributed by atoms with E-state index in [4.69, 9.17) is 0 Å². The quantitative estimate of drug-likeness (QED) is 0.819. The van der Waals surface area contributed by atoms with Crippen molar-refractivity contribution in [1.82, 2.24) is 4.98 Å². The number of carbonyl (C=O) groups is 1. The standard InChI is InChI=1S/C11H15FN2O.C2H6/c1-8(15)9-4-5-10(13-6-9)14-7-11(2,3)12;1-2/h4-6H,7H2,1-3H3,(H,13,14);1-2H3. The van der Waals surface area contributed by atoms with Crippen molar-refractivity contribution >= 4 is 11.6 Å². The van der Waals surface area contributed by atoms with Gasteiger partial charge in [0, 0.05) is 18.3 Å². The average molecular weight is 240 g/mol. The van der Waals surface area contributed by atoms with Crippen LogP contribution in [0.15, 0.2) is 18.3 Å². The molecule has 0 fully saturated rings. The number of alkyl halides is 1. The van der Waals surface area contributed by atoms with Crippen LogP contribution >= 0.6 is 0 Å². The van der Waals surface area contributed by atoms with E-state index in [0.717, 1.165) is 0 Å². The van der Waals surface area contributed by atoms with Crippen molar-refractivity contribution in [2.75, 3.05) is 11.9 Å². The highest BCUT2D eigenvalue weighted by molar-refractivity contribution is 5.93. The molecule has 1 aromatic rings. The maximum atomic E-state index is 13.1. The summed E-state index contributed by atoms with van der Waals surface area (Å²) in [6.45, 7) is 8.65. The summed E-state index contributed by atoms with van der Waals surface area (Å²) in [6, 6.07) is 3.34. The molecule has 0 spiro atoms. The lowest BCUT2D eigenvalue weighted by atomic mass is 10.2. The molecule has 0 aliphatic rings. The highest BCUT2D eigenvalue weighted by Gasteiger charge is 2.14. The number of hydrogen-bond donors (Lipinski definition) is 1. The Kier molecular flexibility index (Phi) is 6.39. The fourth-order valence-electron chi connectivity index (χ4n) is 1.01. The predicted octanol–water partition coefficient (Wildman–Crippen LogP) is 3.47. The Labute approximate surface area is 102 Å². The fraction of sp³-hybridized carbons (Fsp3) is 0.538. The Bertz CT molecular complexity index is 341. The number of Topliss-reactive ketones (excluding diaryl/α,β-unsaturated/α-hetero) is 1. The summed E-state index contributed by atoms with van der Waals surface area (Å²) in [5.41, 5.74) is -0.721. The number of nitrogens with zero attached hydrogens (tertiary/aromatic N) is 1. The zero-order valence-electron chi connectivity index (χ0n) is 11.2. The van der Waals surface area contributed by atoms with Gasteiger partial charge in [0.15, 0.2) is 5.78 Å². The molecule has 0 amide bonds. The topological polar surface area (TPSA) is 42.0 Å². The second-order valence-electron chi connectivity index (χ2n) is 4.06. The van der Waals surface area contributed by atoms with Gasteiger partial charge in [-0.25, -0.2) is 9.37 Å². The summed E-state index contributed by atoms with van der Waals surface area (Å²) >= 11 is 0. The fourth-order valence-corrected chi connectivity index (χ4v) is 1.01. The van der Waals surface area contributed by atoms with E-state index >= 15 is 0 Å². The first-order valence-corrected chi connectivity index (χ1v) is 5.78. The molecule has 17 heavy (non-hydrogen) atoms. The smallest absolute Gasteiger partial charge is 0.161 e. The van der Waals surface area contributed by atoms with Crippen LogP contribution in [0.4, 0.5) is 10.2 Å². The molecule has 1 N–H and O–H groups in total. The number of hydrogen-bond acceptors (Lipinski definition) is 3. The zero-order chi connectivity index (χ0) is 13.5. The normalized spacial score (nSPS) is 10.2. The van der Waals surface area contributed by atoms with E-state index in [0.29, 0.717) is 11.4 Å². The molecule has 1 rings (SSSR count). The van der Waals surface area contributed by atoms with Gasteiger partial charge in [-0.3, -0.25) is 4.79 Å². The summed E-state index contributed by atoms with van der Waals surface area (Å²) in [7, 11) is 0. The Morgan fingerprint density at radius 1 is 1.41 bits per heavy atom. The second kappa shape index (κ2) is 6.99. The molecule has 0 aromatic carbocycles. The molecule has 4 heteroatoms. The molecule has 0 radical (unpaired) electrons. The Balaban J connectivity index is 0.00000121. The molecule has 0 aliphatic carbocycles. The van der Waals surface area contributed by atoms with Gasteiger partial charge in [-0.2, -0.15) is 0 Å². The molecule has 0 saturated carbocycles. The molecule has 3 nitrogen and oxygen atoms in total. The SMILES string of the molecule is CC.CC(=O)c1ccc(NCC(C)(C)F)nc1. The molecular formula is C13H21FN2O. The predicted molar refractivity (Wildman–Crippen MR) is 69.3 cm³/mol. The van der Waals surface area contributed by atoms with Gasteiger partial charge in [-0.05, 0) is 32.9 Å². The average Bonchev–Trinajstić information content (AvgIpc) is 2.29. The first-order chi connectivity index (χ1) is 7.88. The number of aromatic nitrogens is 1. The minimum Gasteiger partial charge on any atom is -0.367 e. The number of ketones is 1. The van der Waals surface area contributed by atoms with Gasteiger partial charge in [-0.1, -0.05) is 13.8 Å². The van der Waals surface area contributed by atoms with Crippen molar-refractivity contribution in [3.05, 3.63) is 23.9 Å². The van der Waals surface area contributed by atoms with Gasteiger partial charge < -0.3 is 5.32 Å². The van der Waals surface area contributed by atoms with Crippen LogP contribution in [0.2, 0.25) is 0 Å². The summed E-state index contributed by atoms with van der Waals surface area (Å²) in [5, 5.41) is 2.85. The summed E-state index contributed by atoms with van der Waals surface area (Å²) < 4.78 is 13.1. The lowest BCUT2D eigenvalue weighted by Crippen LogP contribution is -2.24. The van der Waals surface area contributed by atoms with Crippen molar-refractivity contribution in [2.24, 2.45) is 0 Å². The molecule has 0 unspecified atom stereocenters. The van der Waals surface area contributed by atoms with Crippen LogP contribution in [-0.4, -0.2) is 23.0 Å². The van der Waals surface area contributed by atoms with Crippen LogP contribution in [0.25, 0.3) is 0 Å². The Morgan fingerprint density at radius 3 is 2.35 bits per heavy atom. The van der Waals surface area contributed by atoms with E-state index in [9.17, 15) is 9.18 Å². The van der Waals surface area contributed by atoms with E-state index in [2.05, 4.69) is 10.3 Å². The highest BCUT2D eigenvalue weighted by Crippen LogP contribution is 2.11. The third-order valence-electron chi connectivity index (χ3n) is 1.86. The summed E-state index contributed by atoms with van der Waals surface area (Å²) in [4.78, 5) is 15.0. The number of anilines is 1. The van der Waals surface area contributed by atoms with Crippen LogP contribution in [0.3, 0.4) is 0 Å². The lowest BCUT2D eigenvalue weighted by molar-refractivity contribution is 0.101. The molecule has 0 aliphatic heterocycles. The maximum absolute atomic E-state index is 13.1. The van der Waals surface area contributed by atoms with Crippen molar-refractivity contribution in [1.29, 1.82) is 0 Å². The van der Waals surface area contributed by atoms with Gasteiger partial charge in [0.25, 0.3) is 0 Å². The van der Waals surface area contributed by atoms with Crippen molar-refractivity contribution in [3.63, 3.8) is 0 Å². The minimum atomic E-state index is -1.28. The van der Waals surface area contributed by atoms with Crippen molar-refractivity contribution in [2.45, 2.75) is 40.3 Å². The number of nitrogens with one attached hydrogen (secondary N) is 1. The Hall–Kier alpha value is -1.45. The first kappa shape index (κ1) is 15.6. The second-order valence-corrected chi connectivity index (χ2v) is 4.06. The van der Waals surface area contributed by atoms with E-state index < -0.39 is 5.67 Å². The van der Waals surface area contributed by atoms with Gasteiger partial charge in [0.2, 0.25) is 0 Å². The first-order valence-electron chi connectivity index (χ1n) is 5.78. The van der Waals surface area contributed by atoms with Gasteiger partial charge >= 0.3 is 0 Å². The third kappa shape index (κ3) is 6.66.